The van der Waals surface area contributed by atoms with Gasteiger partial charge < -0.3 is 9.64 Å². The van der Waals surface area contributed by atoms with E-state index in [1.807, 2.05) is 31.2 Å². The molecule has 1 unspecified atom stereocenters. The van der Waals surface area contributed by atoms with Gasteiger partial charge in [-0.15, -0.1) is 10.2 Å². The van der Waals surface area contributed by atoms with Crippen LogP contribution in [0.4, 0.5) is 10.7 Å². The fraction of sp³-hybridized carbons (Fsp3) is 0.409. The standard InChI is InChI=1S/C22H24ClN7O2/c1-14-19-26-27-20(15-6-10-28(11-7-15)21-24-8-3-9-25-21)30(19)18-5-4-17(23)12-16(18)13-29(14)22(31)32-2/h3-5,8-9,12,14-15H,6-7,10-11,13H2,1-2H3. The van der Waals surface area contributed by atoms with Gasteiger partial charge in [0, 0.05) is 36.4 Å². The second-order valence-corrected chi connectivity index (χ2v) is 8.55. The van der Waals surface area contributed by atoms with Gasteiger partial charge in [-0.3, -0.25) is 9.47 Å². The molecule has 2 aliphatic heterocycles. The number of anilines is 1. The van der Waals surface area contributed by atoms with Gasteiger partial charge in [-0.05, 0) is 49.6 Å². The molecule has 0 N–H and O–H groups in total. The third kappa shape index (κ3) is 3.56. The smallest absolute Gasteiger partial charge is 0.410 e. The molecule has 10 heteroatoms. The van der Waals surface area contributed by atoms with E-state index in [1.54, 1.807) is 17.3 Å². The zero-order valence-corrected chi connectivity index (χ0v) is 18.7. The van der Waals surface area contributed by atoms with Crippen molar-refractivity contribution >= 4 is 23.6 Å². The van der Waals surface area contributed by atoms with Crippen molar-refractivity contribution in [2.75, 3.05) is 25.1 Å². The molecule has 32 heavy (non-hydrogen) atoms. The topological polar surface area (TPSA) is 89.3 Å². The van der Waals surface area contributed by atoms with Crippen LogP contribution < -0.4 is 4.90 Å². The molecule has 1 amide bonds. The van der Waals surface area contributed by atoms with Gasteiger partial charge in [-0.2, -0.15) is 0 Å². The minimum absolute atomic E-state index is 0.233. The van der Waals surface area contributed by atoms with Gasteiger partial charge in [0.05, 0.1) is 25.4 Å². The number of piperidine rings is 1. The molecule has 0 radical (unpaired) electrons. The Labute approximate surface area is 191 Å². The molecule has 1 aromatic carbocycles. The summed E-state index contributed by atoms with van der Waals surface area (Å²) >= 11 is 6.30. The summed E-state index contributed by atoms with van der Waals surface area (Å²) in [6.07, 6.45) is 4.95. The van der Waals surface area contributed by atoms with Crippen LogP contribution in [0.5, 0.6) is 0 Å². The van der Waals surface area contributed by atoms with Crippen molar-refractivity contribution in [2.24, 2.45) is 0 Å². The summed E-state index contributed by atoms with van der Waals surface area (Å²) in [5.41, 5.74) is 1.89. The molecule has 0 saturated carbocycles. The van der Waals surface area contributed by atoms with Crippen LogP contribution in [0.25, 0.3) is 5.69 Å². The number of methoxy groups -OCH3 is 1. The van der Waals surface area contributed by atoms with E-state index in [1.165, 1.54) is 7.11 Å². The number of ether oxygens (including phenoxy) is 1. The van der Waals surface area contributed by atoms with Crippen molar-refractivity contribution in [1.82, 2.24) is 29.6 Å². The highest BCUT2D eigenvalue weighted by molar-refractivity contribution is 6.30. The van der Waals surface area contributed by atoms with E-state index in [0.29, 0.717) is 11.6 Å². The summed E-state index contributed by atoms with van der Waals surface area (Å²) in [5, 5.41) is 9.76. The second-order valence-electron chi connectivity index (χ2n) is 8.11. The van der Waals surface area contributed by atoms with E-state index in [9.17, 15) is 4.79 Å². The molecule has 166 valence electrons. The van der Waals surface area contributed by atoms with Crippen LogP contribution in [-0.2, 0) is 11.3 Å². The van der Waals surface area contributed by atoms with Crippen molar-refractivity contribution in [3.63, 3.8) is 0 Å². The Kier molecular flexibility index (Phi) is 5.42. The molecule has 3 aromatic rings. The number of benzene rings is 1. The third-order valence-electron chi connectivity index (χ3n) is 6.28. The fourth-order valence-electron chi connectivity index (χ4n) is 4.58. The molecule has 2 aliphatic rings. The van der Waals surface area contributed by atoms with Gasteiger partial charge >= 0.3 is 6.09 Å². The maximum absolute atomic E-state index is 12.5. The number of aromatic nitrogens is 5. The van der Waals surface area contributed by atoms with Crippen molar-refractivity contribution in [3.8, 4) is 5.69 Å². The first kappa shape index (κ1) is 20.7. The van der Waals surface area contributed by atoms with Crippen LogP contribution in [0.2, 0.25) is 5.02 Å². The van der Waals surface area contributed by atoms with Crippen LogP contribution in [0.15, 0.2) is 36.7 Å². The maximum Gasteiger partial charge on any atom is 0.410 e. The SMILES string of the molecule is COC(=O)N1Cc2cc(Cl)ccc2-n2c(C3CCN(c4ncccn4)CC3)nnc2C1C. The number of carbonyl (C=O) groups is 1. The van der Waals surface area contributed by atoms with E-state index >= 15 is 0 Å². The van der Waals surface area contributed by atoms with Gasteiger partial charge in [0.15, 0.2) is 5.82 Å². The first-order valence-electron chi connectivity index (χ1n) is 10.7. The Balaban J connectivity index is 1.50. The number of nitrogens with zero attached hydrogens (tertiary/aromatic N) is 7. The zero-order valence-electron chi connectivity index (χ0n) is 18.0. The quantitative estimate of drug-likeness (QED) is 0.583. The molecular weight excluding hydrogens is 430 g/mol. The Morgan fingerprint density at radius 2 is 1.84 bits per heavy atom. The predicted octanol–water partition coefficient (Wildman–Crippen LogP) is 3.74. The summed E-state index contributed by atoms with van der Waals surface area (Å²) in [4.78, 5) is 25.1. The summed E-state index contributed by atoms with van der Waals surface area (Å²) in [5.74, 6) is 2.63. The molecule has 4 heterocycles. The van der Waals surface area contributed by atoms with Crippen molar-refractivity contribution in [1.29, 1.82) is 0 Å². The largest absolute Gasteiger partial charge is 0.453 e. The van der Waals surface area contributed by atoms with Crippen LogP contribution in [0.1, 0.15) is 48.9 Å². The molecule has 1 saturated heterocycles. The zero-order chi connectivity index (χ0) is 22.2. The maximum atomic E-state index is 12.5. The van der Waals surface area contributed by atoms with Crippen molar-refractivity contribution in [2.45, 2.75) is 38.3 Å². The average Bonchev–Trinajstić information content (AvgIpc) is 3.22. The Morgan fingerprint density at radius 1 is 1.12 bits per heavy atom. The fourth-order valence-corrected chi connectivity index (χ4v) is 4.78. The molecular formula is C22H24ClN7O2. The molecule has 2 aromatic heterocycles. The number of hydrogen-bond donors (Lipinski definition) is 0. The van der Waals surface area contributed by atoms with E-state index in [2.05, 4.69) is 29.6 Å². The Morgan fingerprint density at radius 3 is 2.56 bits per heavy atom. The average molecular weight is 454 g/mol. The van der Waals surface area contributed by atoms with Crippen molar-refractivity contribution in [3.05, 3.63) is 58.9 Å². The molecule has 5 rings (SSSR count). The Bertz CT molecular complexity index is 1130. The van der Waals surface area contributed by atoms with Crippen LogP contribution in [0, 0.1) is 0 Å². The first-order chi connectivity index (χ1) is 15.6. The molecule has 9 nitrogen and oxygen atoms in total. The minimum atomic E-state index is -0.405. The van der Waals surface area contributed by atoms with Crippen LogP contribution >= 0.6 is 11.6 Å². The summed E-state index contributed by atoms with van der Waals surface area (Å²) in [7, 11) is 1.39. The highest BCUT2D eigenvalue weighted by Crippen LogP contribution is 2.37. The van der Waals surface area contributed by atoms with Crippen LogP contribution in [-0.4, -0.2) is 55.9 Å². The lowest BCUT2D eigenvalue weighted by Gasteiger charge is -2.31. The van der Waals surface area contributed by atoms with Gasteiger partial charge in [0.25, 0.3) is 0 Å². The highest BCUT2D eigenvalue weighted by atomic mass is 35.5. The molecule has 0 bridgehead atoms. The molecule has 0 spiro atoms. The number of halogens is 1. The van der Waals surface area contributed by atoms with Crippen LogP contribution in [0.3, 0.4) is 0 Å². The normalized spacial score (nSPS) is 18.7. The Hall–Kier alpha value is -3.20. The highest BCUT2D eigenvalue weighted by Gasteiger charge is 2.35. The number of rotatable bonds is 2. The molecule has 1 atom stereocenters. The third-order valence-corrected chi connectivity index (χ3v) is 6.52. The van der Waals surface area contributed by atoms with Gasteiger partial charge in [-0.25, -0.2) is 14.8 Å². The first-order valence-corrected chi connectivity index (χ1v) is 11.0. The summed E-state index contributed by atoms with van der Waals surface area (Å²) in [6.45, 7) is 4.02. The monoisotopic (exact) mass is 453 g/mol. The van der Waals surface area contributed by atoms with E-state index in [0.717, 1.165) is 54.8 Å². The number of amides is 1. The summed E-state index contributed by atoms with van der Waals surface area (Å²) < 4.78 is 7.14. The van der Waals surface area contributed by atoms with Crippen molar-refractivity contribution < 1.29 is 9.53 Å². The number of carbonyl (C=O) groups excluding carboxylic acids is 1. The van der Waals surface area contributed by atoms with E-state index in [-0.39, 0.29) is 12.0 Å². The van der Waals surface area contributed by atoms with E-state index in [4.69, 9.17) is 16.3 Å². The van der Waals surface area contributed by atoms with Gasteiger partial charge in [0.1, 0.15) is 5.82 Å². The number of hydrogen-bond acceptors (Lipinski definition) is 7. The van der Waals surface area contributed by atoms with Gasteiger partial charge in [-0.1, -0.05) is 11.6 Å². The summed E-state index contributed by atoms with van der Waals surface area (Å²) in [6, 6.07) is 7.27. The lowest BCUT2D eigenvalue weighted by atomic mass is 9.95. The lowest BCUT2D eigenvalue weighted by Crippen LogP contribution is -2.35. The number of fused-ring (bicyclic) bond motifs is 3. The second kappa shape index (κ2) is 8.38. The van der Waals surface area contributed by atoms with Gasteiger partial charge in [0.2, 0.25) is 5.95 Å². The van der Waals surface area contributed by atoms with E-state index < -0.39 is 6.09 Å². The lowest BCUT2D eigenvalue weighted by molar-refractivity contribution is 0.103. The predicted molar refractivity (Wildman–Crippen MR) is 119 cm³/mol. The molecule has 1 fully saturated rings. The molecule has 0 aliphatic carbocycles. The minimum Gasteiger partial charge on any atom is -0.453 e.